The average Bonchev–Trinajstić information content (AvgIpc) is 2.84. The van der Waals surface area contributed by atoms with E-state index in [1.807, 2.05) is 0 Å². The summed E-state index contributed by atoms with van der Waals surface area (Å²) in [5, 5.41) is 10.9. The van der Waals surface area contributed by atoms with Crippen LogP contribution < -0.4 is 0 Å². The second kappa shape index (κ2) is 6.64. The number of hydrogen-bond donors (Lipinski definition) is 1. The third kappa shape index (κ3) is 3.25. The molecule has 142 valence electrons. The summed E-state index contributed by atoms with van der Waals surface area (Å²) in [5.74, 6) is -0.718. The Hall–Kier alpha value is -2.96. The molecule has 7 heteroatoms. The summed E-state index contributed by atoms with van der Waals surface area (Å²) in [5.41, 5.74) is 1.28. The number of ether oxygens (including phenoxy) is 1. The molecule has 0 aliphatic rings. The van der Waals surface area contributed by atoms with Crippen molar-refractivity contribution < 1.29 is 27.8 Å². The van der Waals surface area contributed by atoms with Gasteiger partial charge in [-0.15, -0.1) is 0 Å². The average molecular weight is 377 g/mol. The van der Waals surface area contributed by atoms with Gasteiger partial charge in [0.2, 0.25) is 0 Å². The van der Waals surface area contributed by atoms with Crippen LogP contribution in [0.1, 0.15) is 28.5 Å². The van der Waals surface area contributed by atoms with Crippen LogP contribution in [-0.4, -0.2) is 22.2 Å². The minimum Gasteiger partial charge on any atom is -0.507 e. The SMILES string of the molecule is CCOC(=O)c1c(C)n(C)c2cc(-c3cccc(C(F)(F)F)c3)c(O)cc12. The molecule has 4 nitrogen and oxygen atoms in total. The highest BCUT2D eigenvalue weighted by Crippen LogP contribution is 2.39. The molecule has 3 rings (SSSR count). The van der Waals surface area contributed by atoms with Crippen molar-refractivity contribution in [1.29, 1.82) is 0 Å². The van der Waals surface area contributed by atoms with Gasteiger partial charge >= 0.3 is 12.1 Å². The molecule has 0 atom stereocenters. The maximum atomic E-state index is 13.0. The summed E-state index contributed by atoms with van der Waals surface area (Å²) >= 11 is 0. The number of fused-ring (bicyclic) bond motifs is 1. The fraction of sp³-hybridized carbons (Fsp3) is 0.250. The van der Waals surface area contributed by atoms with Gasteiger partial charge in [-0.2, -0.15) is 13.2 Å². The number of halogens is 3. The number of phenols is 1. The number of phenolic OH excluding ortho intramolecular Hbond substituents is 1. The molecule has 2 aromatic carbocycles. The zero-order valence-corrected chi connectivity index (χ0v) is 15.0. The van der Waals surface area contributed by atoms with Gasteiger partial charge in [-0.1, -0.05) is 12.1 Å². The summed E-state index contributed by atoms with van der Waals surface area (Å²) < 4.78 is 45.8. The number of hydrogen-bond acceptors (Lipinski definition) is 3. The van der Waals surface area contributed by atoms with Gasteiger partial charge in [-0.05, 0) is 43.7 Å². The van der Waals surface area contributed by atoms with Crippen LogP contribution in [0.3, 0.4) is 0 Å². The maximum Gasteiger partial charge on any atom is 0.416 e. The van der Waals surface area contributed by atoms with E-state index in [0.29, 0.717) is 22.2 Å². The predicted molar refractivity (Wildman–Crippen MR) is 95.7 cm³/mol. The molecular formula is C20H18F3NO3. The second-order valence-electron chi connectivity index (χ2n) is 6.20. The summed E-state index contributed by atoms with van der Waals surface area (Å²) in [6, 6.07) is 7.73. The van der Waals surface area contributed by atoms with Crippen LogP contribution in [0.5, 0.6) is 5.75 Å². The predicted octanol–water partition coefficient (Wildman–Crippen LogP) is 5.05. The first-order valence-electron chi connectivity index (χ1n) is 8.32. The van der Waals surface area contributed by atoms with E-state index in [-0.39, 0.29) is 23.5 Å². The quantitative estimate of drug-likeness (QED) is 0.650. The van der Waals surface area contributed by atoms with Gasteiger partial charge in [0, 0.05) is 29.2 Å². The molecule has 0 radical (unpaired) electrons. The van der Waals surface area contributed by atoms with E-state index in [0.717, 1.165) is 12.1 Å². The van der Waals surface area contributed by atoms with E-state index in [2.05, 4.69) is 0 Å². The molecule has 0 fully saturated rings. The molecule has 3 aromatic rings. The van der Waals surface area contributed by atoms with Crippen LogP contribution in [0.2, 0.25) is 0 Å². The number of aryl methyl sites for hydroxylation is 1. The number of aromatic hydroxyl groups is 1. The fourth-order valence-corrected chi connectivity index (χ4v) is 3.15. The summed E-state index contributed by atoms with van der Waals surface area (Å²) in [6.07, 6.45) is -4.48. The maximum absolute atomic E-state index is 13.0. The van der Waals surface area contributed by atoms with Gasteiger partial charge in [0.25, 0.3) is 0 Å². The Morgan fingerprint density at radius 3 is 2.56 bits per heavy atom. The van der Waals surface area contributed by atoms with E-state index in [1.54, 1.807) is 31.5 Å². The summed E-state index contributed by atoms with van der Waals surface area (Å²) in [4.78, 5) is 12.3. The molecule has 0 amide bonds. The summed E-state index contributed by atoms with van der Waals surface area (Å²) in [6.45, 7) is 3.65. The molecule has 0 saturated carbocycles. The van der Waals surface area contributed by atoms with E-state index in [9.17, 15) is 23.1 Å². The van der Waals surface area contributed by atoms with Crippen LogP contribution >= 0.6 is 0 Å². The molecule has 0 saturated heterocycles. The number of alkyl halides is 3. The molecule has 27 heavy (non-hydrogen) atoms. The van der Waals surface area contributed by atoms with E-state index < -0.39 is 17.7 Å². The number of nitrogens with zero attached hydrogens (tertiary/aromatic N) is 1. The van der Waals surface area contributed by atoms with Crippen LogP contribution in [0.15, 0.2) is 36.4 Å². The van der Waals surface area contributed by atoms with Crippen molar-refractivity contribution in [2.45, 2.75) is 20.0 Å². The highest BCUT2D eigenvalue weighted by Gasteiger charge is 2.30. The third-order valence-electron chi connectivity index (χ3n) is 4.59. The van der Waals surface area contributed by atoms with Gasteiger partial charge in [-0.25, -0.2) is 4.79 Å². The standard InChI is InChI=1S/C20H18F3NO3/c1-4-27-19(26)18-11(2)24(3)16-9-14(17(25)10-15(16)18)12-6-5-7-13(8-12)20(21,22)23/h5-10,25H,4H2,1-3H3. The number of benzene rings is 2. The zero-order valence-electron chi connectivity index (χ0n) is 15.0. The Bertz CT molecular complexity index is 1040. The molecule has 0 aliphatic carbocycles. The van der Waals surface area contributed by atoms with Crippen molar-refractivity contribution in [3.63, 3.8) is 0 Å². The fourth-order valence-electron chi connectivity index (χ4n) is 3.15. The van der Waals surface area contributed by atoms with Gasteiger partial charge in [-0.3, -0.25) is 0 Å². The Kier molecular flexibility index (Phi) is 4.63. The Morgan fingerprint density at radius 2 is 1.93 bits per heavy atom. The number of carbonyl (C=O) groups is 1. The first-order valence-corrected chi connectivity index (χ1v) is 8.32. The number of aromatic nitrogens is 1. The number of esters is 1. The highest BCUT2D eigenvalue weighted by molar-refractivity contribution is 6.07. The highest BCUT2D eigenvalue weighted by atomic mass is 19.4. The second-order valence-corrected chi connectivity index (χ2v) is 6.20. The summed E-state index contributed by atoms with van der Waals surface area (Å²) in [7, 11) is 1.74. The Morgan fingerprint density at radius 1 is 1.22 bits per heavy atom. The molecule has 0 spiro atoms. The molecular weight excluding hydrogens is 359 g/mol. The first-order chi connectivity index (χ1) is 12.6. The van der Waals surface area contributed by atoms with Gasteiger partial charge in [0.05, 0.1) is 17.7 Å². The van der Waals surface area contributed by atoms with Crippen molar-refractivity contribution in [2.24, 2.45) is 7.05 Å². The molecule has 0 bridgehead atoms. The lowest BCUT2D eigenvalue weighted by Crippen LogP contribution is -2.06. The van der Waals surface area contributed by atoms with Crippen molar-refractivity contribution in [1.82, 2.24) is 4.57 Å². The third-order valence-corrected chi connectivity index (χ3v) is 4.59. The minimum atomic E-state index is -4.48. The largest absolute Gasteiger partial charge is 0.507 e. The zero-order chi connectivity index (χ0) is 19.9. The van der Waals surface area contributed by atoms with E-state index in [4.69, 9.17) is 4.74 Å². The number of rotatable bonds is 3. The van der Waals surface area contributed by atoms with E-state index in [1.165, 1.54) is 18.2 Å². The minimum absolute atomic E-state index is 0.210. The smallest absolute Gasteiger partial charge is 0.416 e. The molecule has 0 unspecified atom stereocenters. The number of carbonyl (C=O) groups excluding carboxylic acids is 1. The van der Waals surface area contributed by atoms with Crippen molar-refractivity contribution in [3.05, 3.63) is 53.2 Å². The van der Waals surface area contributed by atoms with E-state index >= 15 is 0 Å². The lowest BCUT2D eigenvalue weighted by molar-refractivity contribution is -0.137. The lowest BCUT2D eigenvalue weighted by atomic mass is 9.99. The Balaban J connectivity index is 2.22. The van der Waals surface area contributed by atoms with Gasteiger partial charge in [0.1, 0.15) is 5.75 Å². The van der Waals surface area contributed by atoms with Gasteiger partial charge < -0.3 is 14.4 Å². The lowest BCUT2D eigenvalue weighted by Gasteiger charge is -2.11. The normalized spacial score (nSPS) is 11.8. The molecule has 0 aliphatic heterocycles. The monoisotopic (exact) mass is 377 g/mol. The topological polar surface area (TPSA) is 51.5 Å². The van der Waals surface area contributed by atoms with Crippen LogP contribution in [0.4, 0.5) is 13.2 Å². The van der Waals surface area contributed by atoms with Crippen LogP contribution in [0, 0.1) is 6.92 Å². The van der Waals surface area contributed by atoms with Crippen molar-refractivity contribution in [2.75, 3.05) is 6.61 Å². The van der Waals surface area contributed by atoms with Crippen LogP contribution in [0.25, 0.3) is 22.0 Å². The molecule has 1 aromatic heterocycles. The molecule has 1 heterocycles. The molecule has 1 N–H and O–H groups in total. The van der Waals surface area contributed by atoms with Crippen LogP contribution in [-0.2, 0) is 18.0 Å². The van der Waals surface area contributed by atoms with Crippen molar-refractivity contribution >= 4 is 16.9 Å². The first kappa shape index (κ1) is 18.8. The Labute approximate surface area is 153 Å². The van der Waals surface area contributed by atoms with Crippen molar-refractivity contribution in [3.8, 4) is 16.9 Å². The van der Waals surface area contributed by atoms with Gasteiger partial charge in [0.15, 0.2) is 0 Å².